The molecule has 28 heavy (non-hydrogen) atoms. The smallest absolute Gasteiger partial charge is 0.222 e. The highest BCUT2D eigenvalue weighted by atomic mass is 127. The number of nitrogens with zero attached hydrogens (tertiary/aromatic N) is 2. The molecule has 7 heteroatoms. The first kappa shape index (κ1) is 24.7. The zero-order valence-corrected chi connectivity index (χ0v) is 19.5. The number of methoxy groups -OCH3 is 1. The number of aliphatic imine (C=N–C) groups is 1. The van der Waals surface area contributed by atoms with Crippen LogP contribution < -0.4 is 10.6 Å². The van der Waals surface area contributed by atoms with E-state index >= 15 is 0 Å². The van der Waals surface area contributed by atoms with Gasteiger partial charge >= 0.3 is 0 Å². The van der Waals surface area contributed by atoms with Crippen LogP contribution in [0.15, 0.2) is 29.3 Å². The van der Waals surface area contributed by atoms with Crippen LogP contribution in [0.1, 0.15) is 50.2 Å². The number of halogens is 1. The van der Waals surface area contributed by atoms with Gasteiger partial charge in [-0.2, -0.15) is 0 Å². The topological polar surface area (TPSA) is 66.0 Å². The Morgan fingerprint density at radius 3 is 2.82 bits per heavy atom. The Labute approximate surface area is 186 Å². The Morgan fingerprint density at radius 1 is 1.21 bits per heavy atom. The van der Waals surface area contributed by atoms with Crippen LogP contribution in [-0.4, -0.2) is 50.1 Å². The number of carbonyl (C=O) groups excluding carboxylic acids is 1. The lowest BCUT2D eigenvalue weighted by Crippen LogP contribution is -2.39. The summed E-state index contributed by atoms with van der Waals surface area (Å²) in [5, 5.41) is 6.66. The van der Waals surface area contributed by atoms with Crippen LogP contribution in [0, 0.1) is 0 Å². The third-order valence-corrected chi connectivity index (χ3v) is 4.63. The molecular formula is C21H35IN4O2. The van der Waals surface area contributed by atoms with E-state index in [0.29, 0.717) is 25.5 Å². The van der Waals surface area contributed by atoms with Crippen molar-refractivity contribution >= 4 is 35.8 Å². The minimum Gasteiger partial charge on any atom is -0.380 e. The molecule has 0 radical (unpaired) electrons. The van der Waals surface area contributed by atoms with E-state index in [9.17, 15) is 4.79 Å². The van der Waals surface area contributed by atoms with Gasteiger partial charge in [0.05, 0.1) is 13.2 Å². The summed E-state index contributed by atoms with van der Waals surface area (Å²) in [6.45, 7) is 6.66. The molecule has 1 amide bonds. The minimum atomic E-state index is 0. The second-order valence-electron chi connectivity index (χ2n) is 6.92. The highest BCUT2D eigenvalue weighted by Crippen LogP contribution is 2.11. The average Bonchev–Trinajstić information content (AvgIpc) is 2.88. The van der Waals surface area contributed by atoms with Gasteiger partial charge in [0.15, 0.2) is 5.96 Å². The molecule has 0 bridgehead atoms. The SMILES string of the molecule is CCNC(=NCc1cccc(COC)c1)NCCCN1CCCCCC1=O.I. The fraction of sp³-hybridized carbons (Fsp3) is 0.619. The van der Waals surface area contributed by atoms with Crippen LogP contribution in [0.25, 0.3) is 0 Å². The summed E-state index contributed by atoms with van der Waals surface area (Å²) in [6.07, 6.45) is 4.98. The Morgan fingerprint density at radius 2 is 2.04 bits per heavy atom. The van der Waals surface area contributed by atoms with Gasteiger partial charge in [0.2, 0.25) is 5.91 Å². The van der Waals surface area contributed by atoms with Crippen molar-refractivity contribution in [2.24, 2.45) is 4.99 Å². The van der Waals surface area contributed by atoms with E-state index in [2.05, 4.69) is 40.7 Å². The summed E-state index contributed by atoms with van der Waals surface area (Å²) in [4.78, 5) is 18.7. The summed E-state index contributed by atoms with van der Waals surface area (Å²) in [5.74, 6) is 1.13. The molecule has 0 atom stereocenters. The van der Waals surface area contributed by atoms with Gasteiger partial charge < -0.3 is 20.3 Å². The van der Waals surface area contributed by atoms with Gasteiger partial charge in [-0.05, 0) is 37.3 Å². The van der Waals surface area contributed by atoms with Crippen LogP contribution in [0.2, 0.25) is 0 Å². The van der Waals surface area contributed by atoms with Gasteiger partial charge in [-0.25, -0.2) is 4.99 Å². The lowest BCUT2D eigenvalue weighted by molar-refractivity contribution is -0.130. The van der Waals surface area contributed by atoms with Crippen LogP contribution in [0.4, 0.5) is 0 Å². The third-order valence-electron chi connectivity index (χ3n) is 4.63. The molecule has 1 aromatic rings. The van der Waals surface area contributed by atoms with Crippen LogP contribution in [0.5, 0.6) is 0 Å². The van der Waals surface area contributed by atoms with Crippen molar-refractivity contribution in [1.82, 2.24) is 15.5 Å². The first-order valence-electron chi connectivity index (χ1n) is 10.1. The van der Waals surface area contributed by atoms with Gasteiger partial charge in [-0.1, -0.05) is 30.7 Å². The number of hydrogen-bond donors (Lipinski definition) is 2. The van der Waals surface area contributed by atoms with Gasteiger partial charge in [0.25, 0.3) is 0 Å². The lowest BCUT2D eigenvalue weighted by Gasteiger charge is -2.20. The second kappa shape index (κ2) is 14.6. The van der Waals surface area contributed by atoms with Crippen molar-refractivity contribution in [2.75, 3.05) is 33.3 Å². The zero-order chi connectivity index (χ0) is 19.3. The molecule has 1 aliphatic heterocycles. The highest BCUT2D eigenvalue weighted by molar-refractivity contribution is 14.0. The van der Waals surface area contributed by atoms with Crippen molar-refractivity contribution in [3.05, 3.63) is 35.4 Å². The van der Waals surface area contributed by atoms with Crippen molar-refractivity contribution < 1.29 is 9.53 Å². The van der Waals surface area contributed by atoms with Crippen LogP contribution in [0.3, 0.4) is 0 Å². The molecule has 0 aromatic heterocycles. The van der Waals surface area contributed by atoms with Crippen LogP contribution in [-0.2, 0) is 22.7 Å². The maximum Gasteiger partial charge on any atom is 0.222 e. The summed E-state index contributed by atoms with van der Waals surface area (Å²) < 4.78 is 5.19. The summed E-state index contributed by atoms with van der Waals surface area (Å²) in [7, 11) is 1.71. The predicted molar refractivity (Wildman–Crippen MR) is 125 cm³/mol. The standard InChI is InChI=1S/C21H34N4O2.HI/c1-3-22-21(24-16-18-9-7-10-19(15-18)17-27-2)23-12-8-14-25-13-6-4-5-11-20(25)26;/h7,9-10,15H,3-6,8,11-14,16-17H2,1-2H3,(H2,22,23,24);1H. The van der Waals surface area contributed by atoms with E-state index < -0.39 is 0 Å². The largest absolute Gasteiger partial charge is 0.380 e. The molecule has 1 aromatic carbocycles. The second-order valence-corrected chi connectivity index (χ2v) is 6.92. The van der Waals surface area contributed by atoms with E-state index in [0.717, 1.165) is 62.5 Å². The average molecular weight is 502 g/mol. The van der Waals surface area contributed by atoms with E-state index in [1.54, 1.807) is 7.11 Å². The van der Waals surface area contributed by atoms with Gasteiger partial charge in [-0.15, -0.1) is 24.0 Å². The molecule has 1 saturated heterocycles. The van der Waals surface area contributed by atoms with Crippen molar-refractivity contribution in [3.8, 4) is 0 Å². The fourth-order valence-electron chi connectivity index (χ4n) is 3.25. The molecule has 1 fully saturated rings. The molecule has 6 nitrogen and oxygen atoms in total. The summed E-state index contributed by atoms with van der Waals surface area (Å²) in [6, 6.07) is 8.31. The number of ether oxygens (including phenoxy) is 1. The quantitative estimate of drug-likeness (QED) is 0.236. The fourth-order valence-corrected chi connectivity index (χ4v) is 3.25. The molecule has 0 aliphatic carbocycles. The number of benzene rings is 1. The lowest BCUT2D eigenvalue weighted by atomic mass is 10.1. The molecule has 2 N–H and O–H groups in total. The van der Waals surface area contributed by atoms with Gasteiger partial charge in [0, 0.05) is 39.7 Å². The van der Waals surface area contributed by atoms with E-state index in [1.165, 1.54) is 6.42 Å². The predicted octanol–water partition coefficient (Wildman–Crippen LogP) is 3.30. The maximum atomic E-state index is 12.0. The molecule has 0 spiro atoms. The number of amides is 1. The molecule has 158 valence electrons. The molecule has 1 aliphatic rings. The van der Waals surface area contributed by atoms with Crippen LogP contribution >= 0.6 is 24.0 Å². The first-order chi connectivity index (χ1) is 13.2. The molecular weight excluding hydrogens is 467 g/mol. The molecule has 1 heterocycles. The number of likely N-dealkylation sites (tertiary alicyclic amines) is 1. The maximum absolute atomic E-state index is 12.0. The number of carbonyl (C=O) groups is 1. The van der Waals surface area contributed by atoms with E-state index in [1.807, 2.05) is 11.0 Å². The van der Waals surface area contributed by atoms with Crippen molar-refractivity contribution in [3.63, 3.8) is 0 Å². The van der Waals surface area contributed by atoms with Gasteiger partial charge in [0.1, 0.15) is 0 Å². The molecule has 2 rings (SSSR count). The van der Waals surface area contributed by atoms with E-state index in [4.69, 9.17) is 4.74 Å². The Hall–Kier alpha value is -1.35. The first-order valence-corrected chi connectivity index (χ1v) is 10.1. The highest BCUT2D eigenvalue weighted by Gasteiger charge is 2.15. The summed E-state index contributed by atoms with van der Waals surface area (Å²) in [5.41, 5.74) is 2.32. The normalized spacial score (nSPS) is 15.0. The zero-order valence-electron chi connectivity index (χ0n) is 17.2. The minimum absolute atomic E-state index is 0. The van der Waals surface area contributed by atoms with Crippen molar-refractivity contribution in [2.45, 2.75) is 52.2 Å². The van der Waals surface area contributed by atoms with Crippen molar-refractivity contribution in [1.29, 1.82) is 0 Å². The number of hydrogen-bond acceptors (Lipinski definition) is 3. The molecule has 0 saturated carbocycles. The molecule has 0 unspecified atom stereocenters. The monoisotopic (exact) mass is 502 g/mol. The van der Waals surface area contributed by atoms with Gasteiger partial charge in [-0.3, -0.25) is 4.79 Å². The van der Waals surface area contributed by atoms with E-state index in [-0.39, 0.29) is 24.0 Å². The number of guanidine groups is 1. The number of nitrogens with one attached hydrogen (secondary N) is 2. The number of rotatable bonds is 9. The summed E-state index contributed by atoms with van der Waals surface area (Å²) >= 11 is 0. The Bertz CT molecular complexity index is 610. The third kappa shape index (κ3) is 9.23. The Kier molecular flexibility index (Phi) is 12.9. The Balaban J connectivity index is 0.00000392.